The van der Waals surface area contributed by atoms with Crippen LogP contribution in [0.3, 0.4) is 0 Å². The first-order valence-corrected chi connectivity index (χ1v) is 9.03. The molecule has 2 aromatic carbocycles. The lowest BCUT2D eigenvalue weighted by Gasteiger charge is -2.08. The third-order valence-corrected chi connectivity index (χ3v) is 4.80. The predicted molar refractivity (Wildman–Crippen MR) is 102 cm³/mol. The summed E-state index contributed by atoms with van der Waals surface area (Å²) in [5.74, 6) is 1.12. The van der Waals surface area contributed by atoms with Crippen molar-refractivity contribution in [2.75, 3.05) is 12.9 Å². The van der Waals surface area contributed by atoms with Crippen LogP contribution in [0.5, 0.6) is 5.75 Å². The van der Waals surface area contributed by atoms with E-state index in [1.165, 1.54) is 11.8 Å². The number of hydrogen-bond acceptors (Lipinski definition) is 4. The van der Waals surface area contributed by atoms with Gasteiger partial charge in [0.05, 0.1) is 23.4 Å². The Balaban J connectivity index is 1.63. The van der Waals surface area contributed by atoms with E-state index in [9.17, 15) is 4.79 Å². The van der Waals surface area contributed by atoms with Gasteiger partial charge in [-0.05, 0) is 36.2 Å². The number of thioether (sulfide) groups is 1. The van der Waals surface area contributed by atoms with Crippen LogP contribution in [0.25, 0.3) is 10.9 Å². The summed E-state index contributed by atoms with van der Waals surface area (Å²) in [7, 11) is 1.64. The van der Waals surface area contributed by atoms with Gasteiger partial charge in [-0.2, -0.15) is 0 Å². The quantitative estimate of drug-likeness (QED) is 0.682. The minimum atomic E-state index is -0.000884. The molecule has 0 fully saturated rings. The molecule has 3 rings (SSSR count). The fourth-order valence-electron chi connectivity index (χ4n) is 2.54. The molecule has 0 aliphatic heterocycles. The Morgan fingerprint density at radius 1 is 1.16 bits per heavy atom. The zero-order chi connectivity index (χ0) is 17.6. The molecule has 0 spiro atoms. The first-order chi connectivity index (χ1) is 12.2. The van der Waals surface area contributed by atoms with Crippen LogP contribution in [0.2, 0.25) is 0 Å². The number of rotatable bonds is 6. The van der Waals surface area contributed by atoms with Gasteiger partial charge in [0.2, 0.25) is 5.91 Å². The van der Waals surface area contributed by atoms with E-state index in [2.05, 4.69) is 17.2 Å². The van der Waals surface area contributed by atoms with E-state index in [0.29, 0.717) is 12.3 Å². The highest BCUT2D eigenvalue weighted by molar-refractivity contribution is 7.99. The van der Waals surface area contributed by atoms with E-state index >= 15 is 0 Å². The molecular weight excluding hydrogens is 332 g/mol. The molecule has 3 aromatic rings. The second-order valence-electron chi connectivity index (χ2n) is 5.71. The summed E-state index contributed by atoms with van der Waals surface area (Å²) in [5.41, 5.74) is 3.11. The first kappa shape index (κ1) is 17.3. The zero-order valence-electron chi connectivity index (χ0n) is 14.3. The summed E-state index contributed by atoms with van der Waals surface area (Å²) in [4.78, 5) is 16.7. The van der Waals surface area contributed by atoms with E-state index in [1.54, 1.807) is 7.11 Å². The maximum absolute atomic E-state index is 12.1. The number of nitrogens with one attached hydrogen (secondary N) is 1. The number of pyridine rings is 1. The van der Waals surface area contributed by atoms with Crippen LogP contribution in [0.15, 0.2) is 59.6 Å². The summed E-state index contributed by atoms with van der Waals surface area (Å²) < 4.78 is 5.26. The monoisotopic (exact) mass is 352 g/mol. The van der Waals surface area contributed by atoms with Crippen molar-refractivity contribution in [1.82, 2.24) is 10.3 Å². The number of carbonyl (C=O) groups is 1. The smallest absolute Gasteiger partial charge is 0.230 e. The van der Waals surface area contributed by atoms with E-state index in [1.807, 2.05) is 54.6 Å². The van der Waals surface area contributed by atoms with Crippen LogP contribution >= 0.6 is 11.8 Å². The van der Waals surface area contributed by atoms with E-state index in [0.717, 1.165) is 32.8 Å². The second kappa shape index (κ2) is 8.03. The van der Waals surface area contributed by atoms with Crippen molar-refractivity contribution in [2.45, 2.75) is 18.5 Å². The van der Waals surface area contributed by atoms with Crippen LogP contribution in [0.4, 0.5) is 0 Å². The molecule has 0 unspecified atom stereocenters. The van der Waals surface area contributed by atoms with Crippen LogP contribution in [0, 0.1) is 6.92 Å². The number of amides is 1. The molecule has 0 aliphatic carbocycles. The van der Waals surface area contributed by atoms with Gasteiger partial charge >= 0.3 is 0 Å². The number of aromatic nitrogens is 1. The van der Waals surface area contributed by atoms with Gasteiger partial charge in [-0.15, -0.1) is 0 Å². The van der Waals surface area contributed by atoms with Gasteiger partial charge in [-0.3, -0.25) is 4.79 Å². The average molecular weight is 352 g/mol. The third-order valence-electron chi connectivity index (χ3n) is 3.88. The average Bonchev–Trinajstić information content (AvgIpc) is 2.65. The molecule has 0 radical (unpaired) electrons. The Morgan fingerprint density at radius 2 is 1.96 bits per heavy atom. The topological polar surface area (TPSA) is 51.2 Å². The maximum Gasteiger partial charge on any atom is 0.230 e. The second-order valence-corrected chi connectivity index (χ2v) is 6.71. The van der Waals surface area contributed by atoms with Crippen molar-refractivity contribution in [1.29, 1.82) is 0 Å². The first-order valence-electron chi connectivity index (χ1n) is 8.04. The van der Waals surface area contributed by atoms with Gasteiger partial charge in [0.25, 0.3) is 0 Å². The molecule has 25 heavy (non-hydrogen) atoms. The number of ether oxygens (including phenoxy) is 1. The van der Waals surface area contributed by atoms with Gasteiger partial charge in [0.1, 0.15) is 5.75 Å². The van der Waals surface area contributed by atoms with Crippen LogP contribution in [-0.2, 0) is 11.3 Å². The summed E-state index contributed by atoms with van der Waals surface area (Å²) in [6.45, 7) is 2.59. The highest BCUT2D eigenvalue weighted by atomic mass is 32.2. The molecule has 5 heteroatoms. The van der Waals surface area contributed by atoms with E-state index < -0.39 is 0 Å². The molecule has 4 nitrogen and oxygen atoms in total. The number of benzene rings is 2. The number of aryl methyl sites for hydroxylation is 1. The lowest BCUT2D eigenvalue weighted by atomic mass is 10.1. The molecule has 0 saturated carbocycles. The van der Waals surface area contributed by atoms with Crippen molar-refractivity contribution in [3.05, 3.63) is 65.7 Å². The Labute approximate surface area is 151 Å². The fourth-order valence-corrected chi connectivity index (χ4v) is 3.34. The Morgan fingerprint density at radius 3 is 2.72 bits per heavy atom. The molecule has 0 bridgehead atoms. The van der Waals surface area contributed by atoms with Crippen molar-refractivity contribution >= 4 is 28.6 Å². The zero-order valence-corrected chi connectivity index (χ0v) is 15.1. The third kappa shape index (κ3) is 4.51. The molecule has 1 aromatic heterocycles. The van der Waals surface area contributed by atoms with E-state index in [-0.39, 0.29) is 5.91 Å². The van der Waals surface area contributed by atoms with Gasteiger partial charge in [-0.1, -0.05) is 42.1 Å². The van der Waals surface area contributed by atoms with Crippen LogP contribution < -0.4 is 10.1 Å². The largest absolute Gasteiger partial charge is 0.497 e. The predicted octanol–water partition coefficient (Wildman–Crippen LogP) is 3.96. The number of hydrogen-bond donors (Lipinski definition) is 1. The van der Waals surface area contributed by atoms with Crippen molar-refractivity contribution in [3.63, 3.8) is 0 Å². The Hall–Kier alpha value is -2.53. The van der Waals surface area contributed by atoms with Gasteiger partial charge in [0, 0.05) is 18.0 Å². The minimum absolute atomic E-state index is 0.000884. The molecule has 1 amide bonds. The van der Waals surface area contributed by atoms with Crippen LogP contribution in [-0.4, -0.2) is 23.8 Å². The van der Waals surface area contributed by atoms with Gasteiger partial charge in [-0.25, -0.2) is 4.98 Å². The summed E-state index contributed by atoms with van der Waals surface area (Å²) in [6, 6.07) is 17.8. The molecular formula is C20H20N2O2S. The molecule has 0 saturated heterocycles. The highest BCUT2D eigenvalue weighted by Gasteiger charge is 2.08. The number of fused-ring (bicyclic) bond motifs is 1. The lowest BCUT2D eigenvalue weighted by Crippen LogP contribution is -2.24. The molecule has 0 aliphatic rings. The Kier molecular flexibility index (Phi) is 5.56. The normalized spacial score (nSPS) is 10.6. The molecule has 128 valence electrons. The maximum atomic E-state index is 12.1. The molecule has 1 N–H and O–H groups in total. The lowest BCUT2D eigenvalue weighted by molar-refractivity contribution is -0.118. The number of methoxy groups -OCH3 is 1. The molecule has 0 atom stereocenters. The number of nitrogens with zero attached hydrogens (tertiary/aromatic N) is 1. The highest BCUT2D eigenvalue weighted by Crippen LogP contribution is 2.26. The summed E-state index contributed by atoms with van der Waals surface area (Å²) in [5, 5.41) is 4.87. The molecule has 1 heterocycles. The van der Waals surface area contributed by atoms with Crippen molar-refractivity contribution in [2.24, 2.45) is 0 Å². The fraction of sp³-hybridized carbons (Fsp3) is 0.200. The van der Waals surface area contributed by atoms with Crippen LogP contribution in [0.1, 0.15) is 11.1 Å². The minimum Gasteiger partial charge on any atom is -0.497 e. The van der Waals surface area contributed by atoms with Crippen molar-refractivity contribution in [3.8, 4) is 5.75 Å². The van der Waals surface area contributed by atoms with Crippen molar-refractivity contribution < 1.29 is 9.53 Å². The number of carbonyl (C=O) groups excluding carboxylic acids is 1. The summed E-state index contributed by atoms with van der Waals surface area (Å²) in [6.07, 6.45) is 0. The van der Waals surface area contributed by atoms with Gasteiger partial charge in [0.15, 0.2) is 0 Å². The Bertz CT molecular complexity index is 882. The summed E-state index contributed by atoms with van der Waals surface area (Å²) >= 11 is 1.44. The standard InChI is InChI=1S/C20H20N2O2S/c1-14-10-20(22-18-11-16(24-2)8-9-17(14)18)25-13-19(23)21-12-15-6-4-3-5-7-15/h3-11H,12-13H2,1-2H3,(H,21,23). The van der Waals surface area contributed by atoms with Gasteiger partial charge < -0.3 is 10.1 Å². The van der Waals surface area contributed by atoms with E-state index in [4.69, 9.17) is 4.74 Å². The SMILES string of the molecule is COc1ccc2c(C)cc(SCC(=O)NCc3ccccc3)nc2c1.